The molecule has 7 heteroatoms. The first-order chi connectivity index (χ1) is 13.5. The first-order valence-corrected chi connectivity index (χ1v) is 8.97. The summed E-state index contributed by atoms with van der Waals surface area (Å²) in [6.45, 7) is 0. The summed E-state index contributed by atoms with van der Waals surface area (Å²) >= 11 is 3.43. The number of carboxylic acid groups (broad SMARTS) is 1. The molecule has 0 bridgehead atoms. The smallest absolute Gasteiger partial charge is 0.335 e. The number of anilines is 1. The molecule has 0 saturated carbocycles. The van der Waals surface area contributed by atoms with Gasteiger partial charge in [-0.25, -0.2) is 4.79 Å². The Morgan fingerprint density at radius 1 is 1.11 bits per heavy atom. The van der Waals surface area contributed by atoms with E-state index in [9.17, 15) is 14.9 Å². The first-order valence-electron chi connectivity index (χ1n) is 8.18. The van der Waals surface area contributed by atoms with Crippen LogP contribution in [0.25, 0.3) is 11.8 Å². The van der Waals surface area contributed by atoms with Gasteiger partial charge in [0.2, 0.25) is 0 Å². The SMILES string of the molecule is N#C/C(=C/c1cccn1-c1cccc(Br)c1)C(=O)Nc1cccc(C(=O)O)c1. The molecule has 2 aromatic carbocycles. The lowest BCUT2D eigenvalue weighted by Gasteiger charge is -2.08. The van der Waals surface area contributed by atoms with E-state index >= 15 is 0 Å². The number of hydrogen-bond donors (Lipinski definition) is 2. The van der Waals surface area contributed by atoms with Crippen LogP contribution in [0.4, 0.5) is 5.69 Å². The van der Waals surface area contributed by atoms with Crippen molar-refractivity contribution in [3.05, 3.63) is 88.2 Å². The lowest BCUT2D eigenvalue weighted by Crippen LogP contribution is -2.14. The highest BCUT2D eigenvalue weighted by Crippen LogP contribution is 2.20. The van der Waals surface area contributed by atoms with E-state index in [0.29, 0.717) is 11.4 Å². The summed E-state index contributed by atoms with van der Waals surface area (Å²) in [5.74, 6) is -1.72. The normalized spacial score (nSPS) is 10.9. The number of amides is 1. The zero-order valence-corrected chi connectivity index (χ0v) is 16.1. The Labute approximate surface area is 169 Å². The Hall–Kier alpha value is -3.63. The van der Waals surface area contributed by atoms with Crippen molar-refractivity contribution in [1.29, 1.82) is 5.26 Å². The van der Waals surface area contributed by atoms with Crippen LogP contribution in [0.5, 0.6) is 0 Å². The zero-order valence-electron chi connectivity index (χ0n) is 14.5. The highest BCUT2D eigenvalue weighted by molar-refractivity contribution is 9.10. The van der Waals surface area contributed by atoms with Crippen molar-refractivity contribution in [3.63, 3.8) is 0 Å². The van der Waals surface area contributed by atoms with Crippen LogP contribution >= 0.6 is 15.9 Å². The molecule has 0 atom stereocenters. The third-order valence-corrected chi connectivity index (χ3v) is 4.38. The van der Waals surface area contributed by atoms with Crippen molar-refractivity contribution < 1.29 is 14.7 Å². The zero-order chi connectivity index (χ0) is 20.1. The summed E-state index contributed by atoms with van der Waals surface area (Å²) in [5.41, 5.74) is 1.77. The van der Waals surface area contributed by atoms with E-state index in [1.54, 1.807) is 12.1 Å². The Morgan fingerprint density at radius 3 is 2.61 bits per heavy atom. The van der Waals surface area contributed by atoms with Crippen molar-refractivity contribution in [3.8, 4) is 11.8 Å². The van der Waals surface area contributed by atoms with Crippen LogP contribution in [0.3, 0.4) is 0 Å². The van der Waals surface area contributed by atoms with E-state index in [1.165, 1.54) is 24.3 Å². The van der Waals surface area contributed by atoms with Gasteiger partial charge in [0.15, 0.2) is 0 Å². The van der Waals surface area contributed by atoms with E-state index < -0.39 is 11.9 Å². The van der Waals surface area contributed by atoms with E-state index in [4.69, 9.17) is 5.11 Å². The number of aromatic carboxylic acids is 1. The monoisotopic (exact) mass is 435 g/mol. The molecule has 6 nitrogen and oxygen atoms in total. The second kappa shape index (κ2) is 8.37. The molecule has 0 aliphatic rings. The number of nitrogens with zero attached hydrogens (tertiary/aromatic N) is 2. The molecule has 2 N–H and O–H groups in total. The molecule has 3 rings (SSSR count). The maximum atomic E-state index is 12.5. The number of rotatable bonds is 5. The van der Waals surface area contributed by atoms with E-state index in [1.807, 2.05) is 47.2 Å². The number of benzene rings is 2. The highest BCUT2D eigenvalue weighted by Gasteiger charge is 2.12. The molecule has 1 amide bonds. The fourth-order valence-electron chi connectivity index (χ4n) is 2.60. The van der Waals surface area contributed by atoms with Crippen molar-refractivity contribution in [1.82, 2.24) is 4.57 Å². The quantitative estimate of drug-likeness (QED) is 0.455. The lowest BCUT2D eigenvalue weighted by molar-refractivity contribution is -0.112. The van der Waals surface area contributed by atoms with Crippen LogP contribution in [0.1, 0.15) is 16.1 Å². The standard InChI is InChI=1S/C21H14BrN3O3/c22-16-5-2-7-19(12-16)25-9-3-8-18(25)11-15(13-23)20(26)24-17-6-1-4-14(10-17)21(27)28/h1-12H,(H,24,26)(H,27,28)/b15-11-. The number of nitriles is 1. The van der Waals surface area contributed by atoms with Crippen LogP contribution in [0, 0.1) is 11.3 Å². The van der Waals surface area contributed by atoms with Crippen LogP contribution in [-0.4, -0.2) is 21.6 Å². The Balaban J connectivity index is 1.88. The van der Waals surface area contributed by atoms with Gasteiger partial charge in [0.25, 0.3) is 5.91 Å². The first kappa shape index (κ1) is 19.1. The summed E-state index contributed by atoms with van der Waals surface area (Å²) in [5, 5.41) is 21.0. The van der Waals surface area contributed by atoms with E-state index in [0.717, 1.165) is 10.2 Å². The summed E-state index contributed by atoms with van der Waals surface area (Å²) in [7, 11) is 0. The van der Waals surface area contributed by atoms with Gasteiger partial charge in [-0.15, -0.1) is 0 Å². The Morgan fingerprint density at radius 2 is 1.89 bits per heavy atom. The van der Waals surface area contributed by atoms with Crippen molar-refractivity contribution in [2.45, 2.75) is 0 Å². The van der Waals surface area contributed by atoms with Crippen LogP contribution < -0.4 is 5.32 Å². The molecular weight excluding hydrogens is 422 g/mol. The van der Waals surface area contributed by atoms with Crippen molar-refractivity contribution in [2.24, 2.45) is 0 Å². The van der Waals surface area contributed by atoms with Gasteiger partial charge in [0.05, 0.1) is 5.56 Å². The molecule has 0 aliphatic heterocycles. The second-order valence-corrected chi connectivity index (χ2v) is 6.71. The minimum Gasteiger partial charge on any atom is -0.478 e. The molecule has 0 radical (unpaired) electrons. The fourth-order valence-corrected chi connectivity index (χ4v) is 2.98. The fraction of sp³-hybridized carbons (Fsp3) is 0. The van der Waals surface area contributed by atoms with Crippen molar-refractivity contribution in [2.75, 3.05) is 5.32 Å². The summed E-state index contributed by atoms with van der Waals surface area (Å²) < 4.78 is 2.76. The third-order valence-electron chi connectivity index (χ3n) is 3.89. The molecule has 0 saturated heterocycles. The molecule has 0 fully saturated rings. The Bertz CT molecular complexity index is 1130. The summed E-state index contributed by atoms with van der Waals surface area (Å²) in [4.78, 5) is 23.5. The van der Waals surface area contributed by atoms with Gasteiger partial charge >= 0.3 is 5.97 Å². The maximum Gasteiger partial charge on any atom is 0.335 e. The van der Waals surface area contributed by atoms with Gasteiger partial charge in [0.1, 0.15) is 11.6 Å². The Kier molecular flexibility index (Phi) is 5.72. The van der Waals surface area contributed by atoms with E-state index in [-0.39, 0.29) is 11.1 Å². The molecule has 0 unspecified atom stereocenters. The van der Waals surface area contributed by atoms with Gasteiger partial charge < -0.3 is 15.0 Å². The molecule has 1 aromatic heterocycles. The summed E-state index contributed by atoms with van der Waals surface area (Å²) in [6.07, 6.45) is 3.31. The number of nitrogens with one attached hydrogen (secondary N) is 1. The molecule has 3 aromatic rings. The minimum absolute atomic E-state index is 0.0452. The van der Waals surface area contributed by atoms with Gasteiger partial charge in [-0.05, 0) is 54.6 Å². The second-order valence-electron chi connectivity index (χ2n) is 5.79. The van der Waals surface area contributed by atoms with E-state index in [2.05, 4.69) is 21.2 Å². The van der Waals surface area contributed by atoms with Crippen LogP contribution in [0.15, 0.2) is 76.9 Å². The topological polar surface area (TPSA) is 95.1 Å². The number of hydrogen-bond acceptors (Lipinski definition) is 3. The lowest BCUT2D eigenvalue weighted by atomic mass is 10.1. The molecule has 0 aliphatic carbocycles. The molecule has 0 spiro atoms. The maximum absolute atomic E-state index is 12.5. The molecule has 1 heterocycles. The molecule has 138 valence electrons. The number of carbonyl (C=O) groups is 2. The van der Waals surface area contributed by atoms with Gasteiger partial charge in [-0.3, -0.25) is 4.79 Å². The predicted octanol–water partition coefficient (Wildman–Crippen LogP) is 4.48. The summed E-state index contributed by atoms with van der Waals surface area (Å²) in [6, 6.07) is 19.0. The number of carboxylic acids is 1. The average molecular weight is 436 g/mol. The van der Waals surface area contributed by atoms with Crippen molar-refractivity contribution >= 4 is 39.6 Å². The molecular formula is C21H14BrN3O3. The van der Waals surface area contributed by atoms with Gasteiger partial charge in [-0.2, -0.15) is 5.26 Å². The van der Waals surface area contributed by atoms with Gasteiger partial charge in [-0.1, -0.05) is 28.1 Å². The van der Waals surface area contributed by atoms with Crippen LogP contribution in [-0.2, 0) is 4.79 Å². The van der Waals surface area contributed by atoms with Crippen LogP contribution in [0.2, 0.25) is 0 Å². The minimum atomic E-state index is -1.10. The third kappa shape index (κ3) is 4.37. The average Bonchev–Trinajstić information content (AvgIpc) is 3.14. The molecule has 28 heavy (non-hydrogen) atoms. The highest BCUT2D eigenvalue weighted by atomic mass is 79.9. The van der Waals surface area contributed by atoms with Gasteiger partial charge in [0, 0.05) is 27.7 Å². The predicted molar refractivity (Wildman–Crippen MR) is 109 cm³/mol. The number of carbonyl (C=O) groups excluding carboxylic acids is 1. The largest absolute Gasteiger partial charge is 0.478 e. The number of aromatic nitrogens is 1. The number of halogens is 1.